The summed E-state index contributed by atoms with van der Waals surface area (Å²) >= 11 is 7.52. The predicted octanol–water partition coefficient (Wildman–Crippen LogP) is 3.27. The van der Waals surface area contributed by atoms with Gasteiger partial charge < -0.3 is 15.2 Å². The van der Waals surface area contributed by atoms with Crippen molar-refractivity contribution in [1.29, 1.82) is 5.26 Å². The first-order valence-corrected chi connectivity index (χ1v) is 9.00. The zero-order valence-corrected chi connectivity index (χ0v) is 14.9. The molecule has 1 aromatic carbocycles. The molecule has 1 atom stereocenters. The Morgan fingerprint density at radius 3 is 2.62 bits per heavy atom. The van der Waals surface area contributed by atoms with E-state index < -0.39 is 11.9 Å². The molecular formula is C17H17ClN2O3S. The number of ether oxygens (including phenoxy) is 2. The summed E-state index contributed by atoms with van der Waals surface area (Å²) in [6.07, 6.45) is 1.97. The number of carbonyl (C=O) groups excluding carboxylic acids is 1. The van der Waals surface area contributed by atoms with Crippen LogP contribution in [0.4, 0.5) is 0 Å². The minimum atomic E-state index is -0.660. The number of hydrogen-bond acceptors (Lipinski definition) is 6. The van der Waals surface area contributed by atoms with Gasteiger partial charge in [-0.25, -0.2) is 4.79 Å². The molecule has 1 heterocycles. The fraction of sp³-hybridized carbons (Fsp3) is 0.294. The maximum atomic E-state index is 12.4. The van der Waals surface area contributed by atoms with E-state index in [1.807, 2.05) is 36.6 Å². The summed E-state index contributed by atoms with van der Waals surface area (Å²) < 4.78 is 10.5. The number of halogens is 1. The van der Waals surface area contributed by atoms with E-state index in [1.54, 1.807) is 18.7 Å². The first-order valence-electron chi connectivity index (χ1n) is 7.25. The Balaban J connectivity index is 2.60. The Kier molecular flexibility index (Phi) is 6.18. The molecule has 2 rings (SSSR count). The van der Waals surface area contributed by atoms with Crippen molar-refractivity contribution in [2.45, 2.75) is 17.7 Å². The minimum absolute atomic E-state index is 0.0415. The largest absolute Gasteiger partial charge is 0.463 e. The van der Waals surface area contributed by atoms with Crippen molar-refractivity contribution in [3.05, 3.63) is 52.6 Å². The molecule has 0 radical (unpaired) electrons. The molecule has 0 fully saturated rings. The third-order valence-electron chi connectivity index (χ3n) is 3.56. The maximum absolute atomic E-state index is 12.4. The minimum Gasteiger partial charge on any atom is -0.463 e. The van der Waals surface area contributed by atoms with Crippen LogP contribution in [-0.4, -0.2) is 24.7 Å². The van der Waals surface area contributed by atoms with Crippen LogP contribution in [0.1, 0.15) is 18.4 Å². The summed E-state index contributed by atoms with van der Waals surface area (Å²) in [5, 5.41) is 9.50. The van der Waals surface area contributed by atoms with Crippen LogP contribution in [0.2, 0.25) is 0 Å². The lowest BCUT2D eigenvalue weighted by atomic mass is 9.83. The third-order valence-corrected chi connectivity index (χ3v) is 4.55. The van der Waals surface area contributed by atoms with Gasteiger partial charge in [0.1, 0.15) is 17.4 Å². The van der Waals surface area contributed by atoms with E-state index in [0.29, 0.717) is 0 Å². The lowest BCUT2D eigenvalue weighted by Crippen LogP contribution is -2.26. The number of nitriles is 1. The SMILES string of the molecule is CCOC(=O)C1=C(CCl)OC(N)=C(C#N)C1c1ccc(SC)cc1. The number of rotatable bonds is 5. The van der Waals surface area contributed by atoms with Crippen LogP contribution in [0.25, 0.3) is 0 Å². The highest BCUT2D eigenvalue weighted by Gasteiger charge is 2.37. The Morgan fingerprint density at radius 2 is 2.12 bits per heavy atom. The highest BCUT2D eigenvalue weighted by molar-refractivity contribution is 7.98. The van der Waals surface area contributed by atoms with E-state index in [1.165, 1.54) is 0 Å². The molecule has 0 aliphatic carbocycles. The zero-order valence-electron chi connectivity index (χ0n) is 13.3. The molecule has 7 heteroatoms. The van der Waals surface area contributed by atoms with E-state index in [-0.39, 0.29) is 35.3 Å². The van der Waals surface area contributed by atoms with Crippen LogP contribution in [0.3, 0.4) is 0 Å². The number of nitrogens with zero attached hydrogens (tertiary/aromatic N) is 1. The van der Waals surface area contributed by atoms with Crippen molar-refractivity contribution >= 4 is 29.3 Å². The van der Waals surface area contributed by atoms with Gasteiger partial charge in [0, 0.05) is 4.90 Å². The summed E-state index contributed by atoms with van der Waals surface area (Å²) in [5.41, 5.74) is 7.00. The van der Waals surface area contributed by atoms with Gasteiger partial charge in [-0.1, -0.05) is 12.1 Å². The van der Waals surface area contributed by atoms with Gasteiger partial charge in [0.25, 0.3) is 0 Å². The zero-order chi connectivity index (χ0) is 17.7. The van der Waals surface area contributed by atoms with Gasteiger partial charge in [-0.2, -0.15) is 5.26 Å². The molecule has 0 saturated heterocycles. The van der Waals surface area contributed by atoms with Crippen molar-refractivity contribution in [2.75, 3.05) is 18.7 Å². The van der Waals surface area contributed by atoms with Crippen LogP contribution < -0.4 is 5.73 Å². The number of alkyl halides is 1. The summed E-state index contributed by atoms with van der Waals surface area (Å²) in [6, 6.07) is 9.60. The molecule has 0 bridgehead atoms. The first kappa shape index (κ1) is 18.2. The lowest BCUT2D eigenvalue weighted by Gasteiger charge is -2.27. The van der Waals surface area contributed by atoms with Crippen molar-refractivity contribution in [3.8, 4) is 6.07 Å². The van der Waals surface area contributed by atoms with Gasteiger partial charge >= 0.3 is 5.97 Å². The summed E-state index contributed by atoms with van der Waals surface area (Å²) in [7, 11) is 0. The second kappa shape index (κ2) is 8.13. The van der Waals surface area contributed by atoms with Crippen LogP contribution in [0.15, 0.2) is 51.9 Å². The van der Waals surface area contributed by atoms with Gasteiger partial charge in [-0.15, -0.1) is 23.4 Å². The Hall–Kier alpha value is -2.10. The van der Waals surface area contributed by atoms with Crippen molar-refractivity contribution < 1.29 is 14.3 Å². The van der Waals surface area contributed by atoms with Gasteiger partial charge in [-0.3, -0.25) is 0 Å². The van der Waals surface area contributed by atoms with Crippen LogP contribution in [0, 0.1) is 11.3 Å². The van der Waals surface area contributed by atoms with E-state index in [0.717, 1.165) is 10.5 Å². The van der Waals surface area contributed by atoms with Crippen molar-refractivity contribution in [3.63, 3.8) is 0 Å². The molecule has 1 aliphatic heterocycles. The van der Waals surface area contributed by atoms with Crippen LogP contribution in [-0.2, 0) is 14.3 Å². The van der Waals surface area contributed by atoms with Gasteiger partial charge in [0.05, 0.1) is 24.0 Å². The molecule has 0 spiro atoms. The Bertz CT molecular complexity index is 735. The fourth-order valence-electron chi connectivity index (χ4n) is 2.48. The summed E-state index contributed by atoms with van der Waals surface area (Å²) in [4.78, 5) is 13.5. The number of nitrogens with two attached hydrogens (primary N) is 1. The molecule has 1 aromatic rings. The Labute approximate surface area is 150 Å². The van der Waals surface area contributed by atoms with Gasteiger partial charge in [0.15, 0.2) is 0 Å². The van der Waals surface area contributed by atoms with E-state index in [9.17, 15) is 10.1 Å². The second-order valence-electron chi connectivity index (χ2n) is 4.89. The highest BCUT2D eigenvalue weighted by atomic mass is 35.5. The second-order valence-corrected chi connectivity index (χ2v) is 6.04. The molecular weight excluding hydrogens is 348 g/mol. The van der Waals surface area contributed by atoms with E-state index >= 15 is 0 Å². The molecule has 126 valence electrons. The summed E-state index contributed by atoms with van der Waals surface area (Å²) in [6.45, 7) is 1.91. The number of benzene rings is 1. The number of hydrogen-bond donors (Lipinski definition) is 1. The van der Waals surface area contributed by atoms with E-state index in [2.05, 4.69) is 0 Å². The fourth-order valence-corrected chi connectivity index (χ4v) is 3.09. The number of esters is 1. The van der Waals surface area contributed by atoms with Crippen molar-refractivity contribution in [2.24, 2.45) is 5.73 Å². The molecule has 0 saturated carbocycles. The molecule has 0 aromatic heterocycles. The predicted molar refractivity (Wildman–Crippen MR) is 93.3 cm³/mol. The number of thioether (sulfide) groups is 1. The topological polar surface area (TPSA) is 85.3 Å². The molecule has 0 amide bonds. The summed E-state index contributed by atoms with van der Waals surface area (Å²) in [5.74, 6) is -1.10. The van der Waals surface area contributed by atoms with Gasteiger partial charge in [-0.05, 0) is 30.9 Å². The monoisotopic (exact) mass is 364 g/mol. The standard InChI is InChI=1S/C17H17ClN2O3S/c1-3-22-17(21)15-13(8-18)23-16(20)12(9-19)14(15)10-4-6-11(24-2)7-5-10/h4-7,14H,3,8,20H2,1-2H3. The van der Waals surface area contributed by atoms with Crippen LogP contribution in [0.5, 0.6) is 0 Å². The van der Waals surface area contributed by atoms with Crippen LogP contribution >= 0.6 is 23.4 Å². The van der Waals surface area contributed by atoms with Crippen molar-refractivity contribution in [1.82, 2.24) is 0 Å². The molecule has 2 N–H and O–H groups in total. The highest BCUT2D eigenvalue weighted by Crippen LogP contribution is 2.40. The third kappa shape index (κ3) is 3.53. The number of carbonyl (C=O) groups is 1. The molecule has 24 heavy (non-hydrogen) atoms. The maximum Gasteiger partial charge on any atom is 0.338 e. The smallest absolute Gasteiger partial charge is 0.338 e. The average molecular weight is 365 g/mol. The molecule has 1 unspecified atom stereocenters. The first-order chi connectivity index (χ1) is 11.6. The average Bonchev–Trinajstić information content (AvgIpc) is 2.60. The number of allylic oxidation sites excluding steroid dienone is 2. The molecule has 5 nitrogen and oxygen atoms in total. The normalized spacial score (nSPS) is 17.3. The Morgan fingerprint density at radius 1 is 1.46 bits per heavy atom. The quantitative estimate of drug-likeness (QED) is 0.490. The molecule has 1 aliphatic rings. The van der Waals surface area contributed by atoms with Gasteiger partial charge in [0.2, 0.25) is 5.88 Å². The van der Waals surface area contributed by atoms with E-state index in [4.69, 9.17) is 26.8 Å². The lowest BCUT2D eigenvalue weighted by molar-refractivity contribution is -0.139.